The van der Waals surface area contributed by atoms with Crippen molar-refractivity contribution in [3.8, 4) is 5.75 Å². The lowest BCUT2D eigenvalue weighted by Crippen LogP contribution is -2.32. The number of nitrogens with one attached hydrogen (secondary N) is 1. The zero-order chi connectivity index (χ0) is 12.0. The van der Waals surface area contributed by atoms with E-state index in [1.807, 2.05) is 19.1 Å². The van der Waals surface area contributed by atoms with Gasteiger partial charge >= 0.3 is 0 Å². The summed E-state index contributed by atoms with van der Waals surface area (Å²) in [6.45, 7) is 7.95. The molecule has 1 aromatic rings. The fourth-order valence-electron chi connectivity index (χ4n) is 1.63. The number of rotatable bonds is 6. The van der Waals surface area contributed by atoms with Gasteiger partial charge in [0, 0.05) is 12.0 Å². The average Bonchev–Trinajstić information content (AvgIpc) is 2.28. The van der Waals surface area contributed by atoms with Gasteiger partial charge in [-0.3, -0.25) is 0 Å². The lowest BCUT2D eigenvalue weighted by atomic mass is 9.84. The molecule has 0 aromatic heterocycles. The molecule has 1 N–H and O–H groups in total. The van der Waals surface area contributed by atoms with E-state index in [9.17, 15) is 0 Å². The Morgan fingerprint density at radius 1 is 1.25 bits per heavy atom. The van der Waals surface area contributed by atoms with Crippen LogP contribution in [-0.2, 0) is 5.41 Å². The summed E-state index contributed by atoms with van der Waals surface area (Å²) < 4.78 is 5.42. The molecule has 2 nitrogen and oxygen atoms in total. The van der Waals surface area contributed by atoms with Gasteiger partial charge in [-0.1, -0.05) is 26.0 Å². The molecule has 0 aliphatic rings. The highest BCUT2D eigenvalue weighted by Gasteiger charge is 2.19. The van der Waals surface area contributed by atoms with E-state index < -0.39 is 0 Å². The third kappa shape index (κ3) is 3.69. The van der Waals surface area contributed by atoms with Crippen LogP contribution in [0.3, 0.4) is 0 Å². The Labute approximate surface area is 103 Å². The molecule has 3 heteroatoms. The molecule has 1 aromatic carbocycles. The zero-order valence-corrected chi connectivity index (χ0v) is 11.0. The van der Waals surface area contributed by atoms with Gasteiger partial charge in [0.25, 0.3) is 0 Å². The molecule has 0 aliphatic heterocycles. The van der Waals surface area contributed by atoms with Crippen LogP contribution < -0.4 is 10.1 Å². The Balaban J connectivity index is 2.71. The van der Waals surface area contributed by atoms with Crippen molar-refractivity contribution in [3.05, 3.63) is 29.8 Å². The highest BCUT2D eigenvalue weighted by molar-refractivity contribution is 6.17. The van der Waals surface area contributed by atoms with Crippen LogP contribution in [0.1, 0.15) is 26.3 Å². The zero-order valence-electron chi connectivity index (χ0n) is 10.2. The number of benzene rings is 1. The monoisotopic (exact) mass is 241 g/mol. The van der Waals surface area contributed by atoms with E-state index in [1.54, 1.807) is 0 Å². The van der Waals surface area contributed by atoms with Crippen LogP contribution in [-0.4, -0.2) is 19.2 Å². The summed E-state index contributed by atoms with van der Waals surface area (Å²) in [5.41, 5.74) is 1.37. The molecule has 0 spiro atoms. The molecule has 0 radical (unpaired) electrons. The maximum atomic E-state index is 5.63. The van der Waals surface area contributed by atoms with Crippen molar-refractivity contribution in [3.63, 3.8) is 0 Å². The van der Waals surface area contributed by atoms with Crippen molar-refractivity contribution in [2.45, 2.75) is 26.2 Å². The quantitative estimate of drug-likeness (QED) is 0.610. The fraction of sp³-hybridized carbons (Fsp3) is 0.538. The van der Waals surface area contributed by atoms with E-state index in [0.29, 0.717) is 12.6 Å². The molecule has 0 fully saturated rings. The molecule has 90 valence electrons. The summed E-state index contributed by atoms with van der Waals surface area (Å²) in [5.74, 6) is 0.923. The Bertz CT molecular complexity index is 308. The first kappa shape index (κ1) is 13.3. The molecule has 0 unspecified atom stereocenters. The summed E-state index contributed by atoms with van der Waals surface area (Å²) in [6.07, 6.45) is 0. The Hall–Kier alpha value is -0.730. The molecule has 0 bridgehead atoms. The number of hydrogen-bond donors (Lipinski definition) is 1. The Kier molecular flexibility index (Phi) is 5.10. The number of hydrogen-bond acceptors (Lipinski definition) is 2. The molecular weight excluding hydrogens is 222 g/mol. The van der Waals surface area contributed by atoms with E-state index >= 15 is 0 Å². The van der Waals surface area contributed by atoms with Gasteiger partial charge in [-0.2, -0.15) is 0 Å². The van der Waals surface area contributed by atoms with E-state index in [0.717, 1.165) is 12.3 Å². The lowest BCUT2D eigenvalue weighted by molar-refractivity contribution is 0.340. The minimum atomic E-state index is 0.0830. The summed E-state index contributed by atoms with van der Waals surface area (Å²) in [7, 11) is 0. The summed E-state index contributed by atoms with van der Waals surface area (Å²) in [4.78, 5) is 0. The smallest absolute Gasteiger partial charge is 0.119 e. The van der Waals surface area contributed by atoms with Crippen molar-refractivity contribution in [1.29, 1.82) is 0 Å². The van der Waals surface area contributed by atoms with Crippen LogP contribution in [0.25, 0.3) is 0 Å². The van der Waals surface area contributed by atoms with Gasteiger partial charge in [-0.15, -0.1) is 11.6 Å². The van der Waals surface area contributed by atoms with Crippen LogP contribution >= 0.6 is 11.6 Å². The fourth-order valence-corrected chi connectivity index (χ4v) is 1.73. The highest BCUT2D eigenvalue weighted by Crippen LogP contribution is 2.24. The van der Waals surface area contributed by atoms with Crippen LogP contribution in [0.2, 0.25) is 0 Å². The molecule has 0 heterocycles. The van der Waals surface area contributed by atoms with Gasteiger partial charge in [0.1, 0.15) is 5.75 Å². The van der Waals surface area contributed by atoms with Crippen LogP contribution in [0, 0.1) is 0 Å². The third-order valence-electron chi connectivity index (χ3n) is 2.61. The van der Waals surface area contributed by atoms with Crippen LogP contribution in [0.15, 0.2) is 24.3 Å². The van der Waals surface area contributed by atoms with E-state index in [1.165, 1.54) is 5.56 Å². The maximum Gasteiger partial charge on any atom is 0.119 e. The summed E-state index contributed by atoms with van der Waals surface area (Å²) in [6, 6.07) is 8.74. The Morgan fingerprint density at radius 2 is 1.88 bits per heavy atom. The predicted molar refractivity (Wildman–Crippen MR) is 69.4 cm³/mol. The summed E-state index contributed by atoms with van der Waals surface area (Å²) in [5, 5.41) is 3.16. The lowest BCUT2D eigenvalue weighted by Gasteiger charge is -2.25. The highest BCUT2D eigenvalue weighted by atomic mass is 35.5. The van der Waals surface area contributed by atoms with Gasteiger partial charge in [0.2, 0.25) is 0 Å². The number of ether oxygens (including phenoxy) is 1. The SMILES string of the molecule is CCOc1ccc(C(C)(C)CNCCl)cc1. The van der Waals surface area contributed by atoms with Crippen molar-refractivity contribution in [1.82, 2.24) is 5.32 Å². The Morgan fingerprint density at radius 3 is 2.38 bits per heavy atom. The first-order chi connectivity index (χ1) is 7.60. The van der Waals surface area contributed by atoms with Gasteiger partial charge in [-0.25, -0.2) is 0 Å². The van der Waals surface area contributed by atoms with Crippen LogP contribution in [0.5, 0.6) is 5.75 Å². The van der Waals surface area contributed by atoms with Crippen molar-refractivity contribution in [2.75, 3.05) is 19.2 Å². The van der Waals surface area contributed by atoms with Gasteiger partial charge in [0.05, 0.1) is 12.6 Å². The second kappa shape index (κ2) is 6.12. The minimum Gasteiger partial charge on any atom is -0.494 e. The van der Waals surface area contributed by atoms with Gasteiger partial charge in [0.15, 0.2) is 0 Å². The van der Waals surface area contributed by atoms with Gasteiger partial charge < -0.3 is 10.1 Å². The predicted octanol–water partition coefficient (Wildman–Crippen LogP) is 3.15. The van der Waals surface area contributed by atoms with E-state index in [2.05, 4.69) is 31.3 Å². The molecule has 0 saturated heterocycles. The topological polar surface area (TPSA) is 21.3 Å². The second-order valence-corrected chi connectivity index (χ2v) is 4.67. The third-order valence-corrected chi connectivity index (χ3v) is 2.80. The van der Waals surface area contributed by atoms with Crippen molar-refractivity contribution >= 4 is 11.6 Å². The second-order valence-electron chi connectivity index (χ2n) is 4.40. The molecule has 16 heavy (non-hydrogen) atoms. The molecule has 0 atom stereocenters. The van der Waals surface area contributed by atoms with Crippen LogP contribution in [0.4, 0.5) is 0 Å². The molecule has 1 rings (SSSR count). The first-order valence-electron chi connectivity index (χ1n) is 5.60. The maximum absolute atomic E-state index is 5.63. The minimum absolute atomic E-state index is 0.0830. The number of alkyl halides is 1. The standard InChI is InChI=1S/C13H20ClNO/c1-4-16-12-7-5-11(6-8-12)13(2,3)9-15-10-14/h5-8,15H,4,9-10H2,1-3H3. The van der Waals surface area contributed by atoms with E-state index in [-0.39, 0.29) is 5.41 Å². The number of halogens is 1. The van der Waals surface area contributed by atoms with E-state index in [4.69, 9.17) is 16.3 Å². The molecule has 0 aliphatic carbocycles. The molecule has 0 saturated carbocycles. The van der Waals surface area contributed by atoms with Gasteiger partial charge in [-0.05, 0) is 24.6 Å². The largest absolute Gasteiger partial charge is 0.494 e. The van der Waals surface area contributed by atoms with Crippen molar-refractivity contribution in [2.24, 2.45) is 0 Å². The average molecular weight is 242 g/mol. The first-order valence-corrected chi connectivity index (χ1v) is 6.13. The van der Waals surface area contributed by atoms with Crippen molar-refractivity contribution < 1.29 is 4.74 Å². The molecule has 0 amide bonds. The molecular formula is C13H20ClNO. The normalized spacial score (nSPS) is 11.5. The summed E-state index contributed by atoms with van der Waals surface area (Å²) >= 11 is 5.63.